The van der Waals surface area contributed by atoms with Crippen molar-refractivity contribution in [2.45, 2.75) is 53.4 Å². The molecule has 0 fully saturated rings. The van der Waals surface area contributed by atoms with Crippen LogP contribution in [0.15, 0.2) is 17.1 Å². The van der Waals surface area contributed by atoms with Gasteiger partial charge < -0.3 is 4.74 Å². The molecule has 1 aromatic carbocycles. The van der Waals surface area contributed by atoms with Gasteiger partial charge in [0.15, 0.2) is 0 Å². The van der Waals surface area contributed by atoms with Crippen molar-refractivity contribution in [1.82, 2.24) is 0 Å². The summed E-state index contributed by atoms with van der Waals surface area (Å²) < 4.78 is 5.89. The van der Waals surface area contributed by atoms with E-state index in [-0.39, 0.29) is 5.41 Å². The van der Waals surface area contributed by atoms with Gasteiger partial charge in [0.2, 0.25) is 0 Å². The Bertz CT molecular complexity index is 441. The topological polar surface area (TPSA) is 21.6 Å². The Kier molecular flexibility index (Phi) is 5.59. The molecule has 0 bridgehead atoms. The molecule has 0 radical (unpaired) electrons. The SMILES string of the molecule is CCCN=Cc1cc(C)cc(C(C)(C)C)c1OCC. The van der Waals surface area contributed by atoms with Crippen LogP contribution in [0.3, 0.4) is 0 Å². The average molecular weight is 261 g/mol. The second kappa shape index (κ2) is 6.74. The summed E-state index contributed by atoms with van der Waals surface area (Å²) in [6, 6.07) is 4.38. The first-order chi connectivity index (χ1) is 8.90. The Morgan fingerprint density at radius 1 is 1.21 bits per heavy atom. The lowest BCUT2D eigenvalue weighted by Crippen LogP contribution is -2.15. The molecule has 0 amide bonds. The van der Waals surface area contributed by atoms with E-state index in [0.717, 1.165) is 24.3 Å². The van der Waals surface area contributed by atoms with Crippen LogP contribution in [0.4, 0.5) is 0 Å². The van der Waals surface area contributed by atoms with Gasteiger partial charge in [-0.1, -0.05) is 33.8 Å². The Morgan fingerprint density at radius 2 is 1.89 bits per heavy atom. The van der Waals surface area contributed by atoms with Crippen molar-refractivity contribution < 1.29 is 4.74 Å². The molecule has 19 heavy (non-hydrogen) atoms. The van der Waals surface area contributed by atoms with Crippen LogP contribution in [0.1, 0.15) is 57.7 Å². The van der Waals surface area contributed by atoms with Crippen molar-refractivity contribution in [3.8, 4) is 5.75 Å². The summed E-state index contributed by atoms with van der Waals surface area (Å²) >= 11 is 0. The monoisotopic (exact) mass is 261 g/mol. The molecule has 2 heteroatoms. The maximum Gasteiger partial charge on any atom is 0.131 e. The van der Waals surface area contributed by atoms with Crippen LogP contribution < -0.4 is 4.74 Å². The van der Waals surface area contributed by atoms with Gasteiger partial charge in [-0.15, -0.1) is 0 Å². The van der Waals surface area contributed by atoms with E-state index >= 15 is 0 Å². The van der Waals surface area contributed by atoms with Gasteiger partial charge >= 0.3 is 0 Å². The van der Waals surface area contributed by atoms with Crippen LogP contribution in [0, 0.1) is 6.92 Å². The molecule has 0 atom stereocenters. The van der Waals surface area contributed by atoms with Crippen LogP contribution in [0.5, 0.6) is 5.75 Å². The molecule has 0 unspecified atom stereocenters. The van der Waals surface area contributed by atoms with Crippen LogP contribution >= 0.6 is 0 Å². The predicted molar refractivity (Wildman–Crippen MR) is 83.8 cm³/mol. The van der Waals surface area contributed by atoms with Gasteiger partial charge in [-0.2, -0.15) is 0 Å². The minimum absolute atomic E-state index is 0.0733. The second-order valence-corrected chi connectivity index (χ2v) is 5.95. The molecule has 0 heterocycles. The van der Waals surface area contributed by atoms with Crippen molar-refractivity contribution in [2.24, 2.45) is 4.99 Å². The lowest BCUT2D eigenvalue weighted by Gasteiger charge is -2.24. The number of hydrogen-bond acceptors (Lipinski definition) is 2. The van der Waals surface area contributed by atoms with Gasteiger partial charge in [0.25, 0.3) is 0 Å². The van der Waals surface area contributed by atoms with Crippen molar-refractivity contribution in [1.29, 1.82) is 0 Å². The maximum absolute atomic E-state index is 5.89. The molecule has 0 aromatic heterocycles. The third-order valence-electron chi connectivity index (χ3n) is 2.94. The van der Waals surface area contributed by atoms with Gasteiger partial charge in [-0.25, -0.2) is 0 Å². The first-order valence-electron chi connectivity index (χ1n) is 7.17. The summed E-state index contributed by atoms with van der Waals surface area (Å²) in [7, 11) is 0. The fraction of sp³-hybridized carbons (Fsp3) is 0.588. The van der Waals surface area contributed by atoms with Gasteiger partial charge in [0.1, 0.15) is 5.75 Å². The smallest absolute Gasteiger partial charge is 0.131 e. The fourth-order valence-electron chi connectivity index (χ4n) is 2.05. The average Bonchev–Trinajstić information content (AvgIpc) is 2.31. The van der Waals surface area contributed by atoms with Gasteiger partial charge in [0, 0.05) is 23.9 Å². The van der Waals surface area contributed by atoms with Crippen LogP contribution in [-0.2, 0) is 5.41 Å². The van der Waals surface area contributed by atoms with Crippen molar-refractivity contribution in [2.75, 3.05) is 13.2 Å². The zero-order valence-electron chi connectivity index (χ0n) is 13.2. The number of nitrogens with zero attached hydrogens (tertiary/aromatic N) is 1. The van der Waals surface area contributed by atoms with Crippen LogP contribution in [0.25, 0.3) is 0 Å². The van der Waals surface area contributed by atoms with E-state index in [1.54, 1.807) is 0 Å². The number of aliphatic imine (C=N–C) groups is 1. The molecule has 106 valence electrons. The highest BCUT2D eigenvalue weighted by molar-refractivity contribution is 5.85. The summed E-state index contributed by atoms with van der Waals surface area (Å²) in [5.41, 5.74) is 3.68. The first-order valence-corrected chi connectivity index (χ1v) is 7.17. The van der Waals surface area contributed by atoms with Crippen LogP contribution in [0.2, 0.25) is 0 Å². The zero-order valence-corrected chi connectivity index (χ0v) is 13.2. The number of aryl methyl sites for hydroxylation is 1. The Hall–Kier alpha value is -1.31. The highest BCUT2D eigenvalue weighted by Gasteiger charge is 2.21. The Morgan fingerprint density at radius 3 is 2.42 bits per heavy atom. The molecular formula is C17H27NO. The third kappa shape index (κ3) is 4.38. The van der Waals surface area contributed by atoms with Crippen molar-refractivity contribution >= 4 is 6.21 Å². The van der Waals surface area contributed by atoms with Gasteiger partial charge in [-0.05, 0) is 37.3 Å². The Balaban J connectivity index is 3.31. The lowest BCUT2D eigenvalue weighted by molar-refractivity contribution is 0.329. The minimum Gasteiger partial charge on any atom is -0.493 e. The maximum atomic E-state index is 5.89. The Labute approximate surface area is 117 Å². The van der Waals surface area contributed by atoms with Gasteiger partial charge in [-0.3, -0.25) is 4.99 Å². The third-order valence-corrected chi connectivity index (χ3v) is 2.94. The molecule has 0 aliphatic heterocycles. The predicted octanol–water partition coefficient (Wildman–Crippen LogP) is 4.52. The lowest BCUT2D eigenvalue weighted by atomic mass is 9.84. The molecule has 0 saturated heterocycles. The highest BCUT2D eigenvalue weighted by Crippen LogP contribution is 2.34. The number of hydrogen-bond donors (Lipinski definition) is 0. The standard InChI is InChI=1S/C17H27NO/c1-7-9-18-12-14-10-13(3)11-15(17(4,5)6)16(14)19-8-2/h10-12H,7-9H2,1-6H3. The first kappa shape index (κ1) is 15.7. The van der Waals surface area contributed by atoms with E-state index in [1.165, 1.54) is 11.1 Å². The molecular weight excluding hydrogens is 234 g/mol. The van der Waals surface area contributed by atoms with E-state index < -0.39 is 0 Å². The quantitative estimate of drug-likeness (QED) is 0.714. The molecule has 0 aliphatic carbocycles. The van der Waals surface area contributed by atoms with E-state index in [4.69, 9.17) is 4.74 Å². The molecule has 0 saturated carbocycles. The minimum atomic E-state index is 0.0733. The zero-order chi connectivity index (χ0) is 14.5. The molecule has 0 spiro atoms. The summed E-state index contributed by atoms with van der Waals surface area (Å²) in [4.78, 5) is 4.46. The summed E-state index contributed by atoms with van der Waals surface area (Å²) in [6.45, 7) is 14.5. The molecule has 1 rings (SSSR count). The summed E-state index contributed by atoms with van der Waals surface area (Å²) in [5, 5.41) is 0. The fourth-order valence-corrected chi connectivity index (χ4v) is 2.05. The van der Waals surface area contributed by atoms with E-state index in [0.29, 0.717) is 6.61 Å². The second-order valence-electron chi connectivity index (χ2n) is 5.95. The molecule has 1 aromatic rings. The molecule has 2 nitrogen and oxygen atoms in total. The summed E-state index contributed by atoms with van der Waals surface area (Å²) in [6.07, 6.45) is 3.02. The van der Waals surface area contributed by atoms with E-state index in [2.05, 4.69) is 51.7 Å². The van der Waals surface area contributed by atoms with E-state index in [9.17, 15) is 0 Å². The molecule has 0 aliphatic rings. The number of rotatable bonds is 5. The molecule has 0 N–H and O–H groups in total. The normalized spacial score (nSPS) is 12.1. The van der Waals surface area contributed by atoms with E-state index in [1.807, 2.05) is 13.1 Å². The van der Waals surface area contributed by atoms with Crippen molar-refractivity contribution in [3.63, 3.8) is 0 Å². The largest absolute Gasteiger partial charge is 0.493 e. The van der Waals surface area contributed by atoms with Gasteiger partial charge in [0.05, 0.1) is 6.61 Å². The number of benzene rings is 1. The van der Waals surface area contributed by atoms with Crippen LogP contribution in [-0.4, -0.2) is 19.4 Å². The van der Waals surface area contributed by atoms with Crippen molar-refractivity contribution in [3.05, 3.63) is 28.8 Å². The highest BCUT2D eigenvalue weighted by atomic mass is 16.5. The summed E-state index contributed by atoms with van der Waals surface area (Å²) in [5.74, 6) is 0.987. The number of ether oxygens (including phenoxy) is 1.